The van der Waals surface area contributed by atoms with Crippen LogP contribution in [-0.4, -0.2) is 18.0 Å². The normalized spacial score (nSPS) is 16.5. The highest BCUT2D eigenvalue weighted by Crippen LogP contribution is 2.42. The second-order valence-corrected chi connectivity index (χ2v) is 4.93. The van der Waals surface area contributed by atoms with E-state index in [1.165, 1.54) is 0 Å². The number of nitrogens with one attached hydrogen (secondary N) is 1. The van der Waals surface area contributed by atoms with Crippen LogP contribution in [-0.2, 0) is 4.79 Å². The smallest absolute Gasteiger partial charge is 0.237 e. The number of benzene rings is 1. The molecule has 1 aliphatic rings. The van der Waals surface area contributed by atoms with Crippen LogP contribution in [0.25, 0.3) is 0 Å². The Morgan fingerprint density at radius 2 is 2.22 bits per heavy atom. The fourth-order valence-electron chi connectivity index (χ4n) is 2.07. The van der Waals surface area contributed by atoms with Gasteiger partial charge < -0.3 is 15.8 Å². The van der Waals surface area contributed by atoms with Gasteiger partial charge in [-0.25, -0.2) is 0 Å². The maximum absolute atomic E-state index is 12.2. The Hall–Kier alpha value is -1.62. The summed E-state index contributed by atoms with van der Waals surface area (Å²) in [6.45, 7) is 0. The van der Waals surface area contributed by atoms with E-state index in [4.69, 9.17) is 22.7 Å². The Bertz CT molecular complexity index is 484. The summed E-state index contributed by atoms with van der Waals surface area (Å²) >= 11 is 5.01. The van der Waals surface area contributed by atoms with Crippen molar-refractivity contribution in [2.45, 2.75) is 19.3 Å². The first-order valence-electron chi connectivity index (χ1n) is 5.84. The van der Waals surface area contributed by atoms with Crippen molar-refractivity contribution in [3.8, 4) is 5.75 Å². The minimum Gasteiger partial charge on any atom is -0.497 e. The summed E-state index contributed by atoms with van der Waals surface area (Å²) in [5.74, 6) is 0.584. The molecule has 0 unspecified atom stereocenters. The first-order valence-corrected chi connectivity index (χ1v) is 6.25. The first-order chi connectivity index (χ1) is 8.58. The molecule has 3 N–H and O–H groups in total. The topological polar surface area (TPSA) is 64.3 Å². The second kappa shape index (κ2) is 4.94. The Morgan fingerprint density at radius 3 is 2.72 bits per heavy atom. The van der Waals surface area contributed by atoms with Crippen molar-refractivity contribution in [2.75, 3.05) is 12.4 Å². The molecule has 1 aliphatic carbocycles. The summed E-state index contributed by atoms with van der Waals surface area (Å²) in [4.78, 5) is 12.5. The predicted octanol–water partition coefficient (Wildman–Crippen LogP) is 2.09. The van der Waals surface area contributed by atoms with Crippen LogP contribution in [0.15, 0.2) is 24.3 Å². The average Bonchev–Trinajstić information content (AvgIpc) is 2.27. The minimum atomic E-state index is -0.654. The van der Waals surface area contributed by atoms with E-state index in [0.29, 0.717) is 11.4 Å². The SMILES string of the molecule is COc1cccc(NC(=O)C2(C(N)=S)CCC2)c1. The molecule has 0 spiro atoms. The van der Waals surface area contributed by atoms with E-state index in [0.717, 1.165) is 19.3 Å². The summed E-state index contributed by atoms with van der Waals surface area (Å²) in [7, 11) is 1.59. The fraction of sp³-hybridized carbons (Fsp3) is 0.385. The number of nitrogens with two attached hydrogens (primary N) is 1. The van der Waals surface area contributed by atoms with Gasteiger partial charge in [-0.3, -0.25) is 4.79 Å². The van der Waals surface area contributed by atoms with Crippen molar-refractivity contribution < 1.29 is 9.53 Å². The van der Waals surface area contributed by atoms with Crippen LogP contribution in [0.3, 0.4) is 0 Å². The van der Waals surface area contributed by atoms with Crippen molar-refractivity contribution in [1.82, 2.24) is 0 Å². The number of hydrogen-bond acceptors (Lipinski definition) is 3. The molecule has 1 aromatic rings. The summed E-state index contributed by atoms with van der Waals surface area (Å²) in [5, 5.41) is 2.85. The Balaban J connectivity index is 2.13. The summed E-state index contributed by atoms with van der Waals surface area (Å²) in [6.07, 6.45) is 2.46. The monoisotopic (exact) mass is 264 g/mol. The van der Waals surface area contributed by atoms with Gasteiger partial charge >= 0.3 is 0 Å². The molecule has 1 saturated carbocycles. The molecule has 1 amide bonds. The second-order valence-electron chi connectivity index (χ2n) is 4.49. The van der Waals surface area contributed by atoms with Crippen LogP contribution in [0.5, 0.6) is 5.75 Å². The highest BCUT2D eigenvalue weighted by atomic mass is 32.1. The Labute approximate surface area is 112 Å². The summed E-state index contributed by atoms with van der Waals surface area (Å²) < 4.78 is 5.11. The van der Waals surface area contributed by atoms with Crippen molar-refractivity contribution >= 4 is 28.8 Å². The zero-order valence-corrected chi connectivity index (χ0v) is 11.0. The van der Waals surface area contributed by atoms with E-state index in [1.807, 2.05) is 18.2 Å². The molecule has 4 nitrogen and oxygen atoms in total. The summed E-state index contributed by atoms with van der Waals surface area (Å²) in [5.41, 5.74) is 5.73. The van der Waals surface area contributed by atoms with Crippen LogP contribution in [0.2, 0.25) is 0 Å². The van der Waals surface area contributed by atoms with Gasteiger partial charge in [0.05, 0.1) is 17.5 Å². The van der Waals surface area contributed by atoms with Gasteiger partial charge in [-0.15, -0.1) is 0 Å². The zero-order chi connectivity index (χ0) is 13.2. The molecule has 0 atom stereocenters. The highest BCUT2D eigenvalue weighted by molar-refractivity contribution is 7.80. The summed E-state index contributed by atoms with van der Waals surface area (Å²) in [6, 6.07) is 7.22. The molecule has 96 valence electrons. The third kappa shape index (κ3) is 2.18. The third-order valence-corrected chi connectivity index (χ3v) is 3.83. The predicted molar refractivity (Wildman–Crippen MR) is 74.7 cm³/mol. The Morgan fingerprint density at radius 1 is 1.50 bits per heavy atom. The van der Waals surface area contributed by atoms with Crippen LogP contribution in [0, 0.1) is 5.41 Å². The lowest BCUT2D eigenvalue weighted by Gasteiger charge is -2.39. The van der Waals surface area contributed by atoms with E-state index in [-0.39, 0.29) is 10.9 Å². The molecule has 0 radical (unpaired) electrons. The Kier molecular flexibility index (Phi) is 3.52. The average molecular weight is 264 g/mol. The van der Waals surface area contributed by atoms with Gasteiger partial charge in [-0.1, -0.05) is 24.7 Å². The molecule has 0 aliphatic heterocycles. The molecule has 5 heteroatoms. The lowest BCUT2D eigenvalue weighted by atomic mass is 9.68. The largest absolute Gasteiger partial charge is 0.497 e. The molecule has 18 heavy (non-hydrogen) atoms. The number of carbonyl (C=O) groups excluding carboxylic acids is 1. The van der Waals surface area contributed by atoms with Gasteiger partial charge in [-0.2, -0.15) is 0 Å². The van der Waals surface area contributed by atoms with E-state index in [2.05, 4.69) is 5.32 Å². The van der Waals surface area contributed by atoms with Crippen LogP contribution in [0.4, 0.5) is 5.69 Å². The highest BCUT2D eigenvalue weighted by Gasteiger charge is 2.46. The van der Waals surface area contributed by atoms with Crippen LogP contribution in [0.1, 0.15) is 19.3 Å². The van der Waals surface area contributed by atoms with Crippen molar-refractivity contribution in [2.24, 2.45) is 11.1 Å². The molecule has 0 aromatic heterocycles. The third-order valence-electron chi connectivity index (χ3n) is 3.44. The van der Waals surface area contributed by atoms with E-state index in [1.54, 1.807) is 13.2 Å². The van der Waals surface area contributed by atoms with Crippen molar-refractivity contribution in [1.29, 1.82) is 0 Å². The number of hydrogen-bond donors (Lipinski definition) is 2. The van der Waals surface area contributed by atoms with Gasteiger partial charge in [0.1, 0.15) is 5.75 Å². The van der Waals surface area contributed by atoms with E-state index >= 15 is 0 Å². The van der Waals surface area contributed by atoms with Gasteiger partial charge in [0.2, 0.25) is 5.91 Å². The number of rotatable bonds is 4. The number of carbonyl (C=O) groups is 1. The van der Waals surface area contributed by atoms with E-state index in [9.17, 15) is 4.79 Å². The molecule has 1 aromatic carbocycles. The molecule has 0 bridgehead atoms. The van der Waals surface area contributed by atoms with Crippen LogP contribution >= 0.6 is 12.2 Å². The lowest BCUT2D eigenvalue weighted by molar-refractivity contribution is -0.125. The maximum Gasteiger partial charge on any atom is 0.237 e. The van der Waals surface area contributed by atoms with Gasteiger partial charge in [0.25, 0.3) is 0 Å². The molecular formula is C13H16N2O2S. The van der Waals surface area contributed by atoms with Crippen molar-refractivity contribution in [3.05, 3.63) is 24.3 Å². The zero-order valence-electron chi connectivity index (χ0n) is 10.2. The molecular weight excluding hydrogens is 248 g/mol. The molecule has 0 heterocycles. The quantitative estimate of drug-likeness (QED) is 0.817. The van der Waals surface area contributed by atoms with Crippen LogP contribution < -0.4 is 15.8 Å². The van der Waals surface area contributed by atoms with Gasteiger partial charge in [0.15, 0.2) is 0 Å². The van der Waals surface area contributed by atoms with Crippen molar-refractivity contribution in [3.63, 3.8) is 0 Å². The fourth-order valence-corrected chi connectivity index (χ4v) is 2.36. The maximum atomic E-state index is 12.2. The lowest BCUT2D eigenvalue weighted by Crippen LogP contribution is -2.50. The number of ether oxygens (including phenoxy) is 1. The molecule has 0 saturated heterocycles. The molecule has 2 rings (SSSR count). The number of methoxy groups -OCH3 is 1. The van der Waals surface area contributed by atoms with Gasteiger partial charge in [0, 0.05) is 11.8 Å². The molecule has 1 fully saturated rings. The first kappa shape index (κ1) is 12.8. The minimum absolute atomic E-state index is 0.116. The van der Waals surface area contributed by atoms with Gasteiger partial charge in [-0.05, 0) is 25.0 Å². The number of anilines is 1. The van der Waals surface area contributed by atoms with E-state index < -0.39 is 5.41 Å². The standard InChI is InChI=1S/C13H16N2O2S/c1-17-10-5-2-4-9(8-10)15-12(16)13(11(14)18)6-3-7-13/h2,4-5,8H,3,6-7H2,1H3,(H2,14,18)(H,15,16). The number of thiocarbonyl (C=S) groups is 1. The number of amides is 1.